The highest BCUT2D eigenvalue weighted by Gasteiger charge is 2.16. The molecule has 0 atom stereocenters. The lowest BCUT2D eigenvalue weighted by molar-refractivity contribution is 0.0783. The van der Waals surface area contributed by atoms with Crippen molar-refractivity contribution >= 4 is 23.6 Å². The highest BCUT2D eigenvalue weighted by atomic mass is 16.5. The minimum absolute atomic E-state index is 0.116. The van der Waals surface area contributed by atoms with Crippen LogP contribution in [0.25, 0.3) is 22.4 Å². The molecule has 2 aromatic heterocycles. The summed E-state index contributed by atoms with van der Waals surface area (Å²) in [7, 11) is 7.02. The van der Waals surface area contributed by atoms with Gasteiger partial charge in [0.2, 0.25) is 5.96 Å². The molecule has 212 valence electrons. The Kier molecular flexibility index (Phi) is 10.5. The van der Waals surface area contributed by atoms with Crippen molar-refractivity contribution < 1.29 is 14.3 Å². The van der Waals surface area contributed by atoms with Crippen molar-refractivity contribution in [2.75, 3.05) is 52.7 Å². The van der Waals surface area contributed by atoms with Crippen LogP contribution in [0.1, 0.15) is 24.2 Å². The van der Waals surface area contributed by atoms with Crippen LogP contribution >= 0.6 is 0 Å². The van der Waals surface area contributed by atoms with Gasteiger partial charge in [0.05, 0.1) is 23.6 Å². The third-order valence-corrected chi connectivity index (χ3v) is 6.42. The molecular weight excluding hydrogens is 510 g/mol. The number of hydrogen-bond acceptors (Lipinski definition) is 7. The number of carbonyl (C=O) groups is 2. The summed E-state index contributed by atoms with van der Waals surface area (Å²) in [6.45, 7) is 6.29. The lowest BCUT2D eigenvalue weighted by Crippen LogP contribution is -2.36. The molecule has 11 nitrogen and oxygen atoms in total. The van der Waals surface area contributed by atoms with Gasteiger partial charge < -0.3 is 24.4 Å². The number of guanidine groups is 1. The van der Waals surface area contributed by atoms with Crippen molar-refractivity contribution in [2.45, 2.75) is 13.8 Å². The lowest BCUT2D eigenvalue weighted by Gasteiger charge is -2.21. The molecule has 0 aliphatic heterocycles. The number of benzene rings is 1. The van der Waals surface area contributed by atoms with Crippen LogP contribution in [0.2, 0.25) is 0 Å². The maximum Gasteiger partial charge on any atom is 0.413 e. The van der Waals surface area contributed by atoms with Gasteiger partial charge in [-0.15, -0.1) is 0 Å². The SMILES string of the molecule is CCOC(=O)NC(=NC)Nc1ccc(-c2ccn(C)c(=O)c2)cc1-c1ccc(C(=O)N(C)CCN(C)CC)cn1. The van der Waals surface area contributed by atoms with Gasteiger partial charge in [-0.1, -0.05) is 13.0 Å². The van der Waals surface area contributed by atoms with Crippen LogP contribution in [-0.2, 0) is 11.8 Å². The molecule has 0 aliphatic rings. The number of amides is 2. The molecule has 0 saturated carbocycles. The molecule has 3 aromatic rings. The minimum Gasteiger partial charge on any atom is -0.450 e. The fourth-order valence-electron chi connectivity index (χ4n) is 3.79. The van der Waals surface area contributed by atoms with Gasteiger partial charge in [-0.05, 0) is 62.0 Å². The van der Waals surface area contributed by atoms with E-state index < -0.39 is 6.09 Å². The fourth-order valence-corrected chi connectivity index (χ4v) is 3.79. The van der Waals surface area contributed by atoms with Gasteiger partial charge in [0.15, 0.2) is 0 Å². The minimum atomic E-state index is -0.635. The van der Waals surface area contributed by atoms with Gasteiger partial charge >= 0.3 is 6.09 Å². The average molecular weight is 548 g/mol. The lowest BCUT2D eigenvalue weighted by atomic mass is 10.00. The second-order valence-corrected chi connectivity index (χ2v) is 9.22. The first-order chi connectivity index (χ1) is 19.2. The molecule has 0 aliphatic carbocycles. The molecule has 0 radical (unpaired) electrons. The molecule has 0 saturated heterocycles. The van der Waals surface area contributed by atoms with E-state index in [1.54, 1.807) is 56.5 Å². The number of likely N-dealkylation sites (N-methyl/N-ethyl adjacent to an activating group) is 2. The molecule has 0 fully saturated rings. The Balaban J connectivity index is 1.96. The fraction of sp³-hybridized carbons (Fsp3) is 0.345. The van der Waals surface area contributed by atoms with Gasteiger partial charge in [-0.3, -0.25) is 24.9 Å². The average Bonchev–Trinajstić information content (AvgIpc) is 2.96. The van der Waals surface area contributed by atoms with E-state index in [9.17, 15) is 14.4 Å². The summed E-state index contributed by atoms with van der Waals surface area (Å²) in [6, 6.07) is 12.5. The number of ether oxygens (including phenoxy) is 1. The van der Waals surface area contributed by atoms with E-state index in [0.29, 0.717) is 29.1 Å². The Labute approximate surface area is 234 Å². The largest absolute Gasteiger partial charge is 0.450 e. The number of pyridine rings is 2. The summed E-state index contributed by atoms with van der Waals surface area (Å²) in [4.78, 5) is 49.7. The second-order valence-electron chi connectivity index (χ2n) is 9.22. The zero-order valence-corrected chi connectivity index (χ0v) is 23.9. The van der Waals surface area contributed by atoms with Crippen molar-refractivity contribution in [2.24, 2.45) is 12.0 Å². The number of carbonyl (C=O) groups excluding carboxylic acids is 2. The first-order valence-electron chi connectivity index (χ1n) is 13.1. The maximum absolute atomic E-state index is 13.0. The van der Waals surface area contributed by atoms with E-state index in [4.69, 9.17) is 4.74 Å². The maximum atomic E-state index is 13.0. The van der Waals surface area contributed by atoms with Crippen molar-refractivity contribution in [3.05, 3.63) is 70.8 Å². The first-order valence-corrected chi connectivity index (χ1v) is 13.1. The number of nitrogens with one attached hydrogen (secondary N) is 2. The zero-order chi connectivity index (χ0) is 29.2. The number of hydrogen-bond donors (Lipinski definition) is 2. The van der Waals surface area contributed by atoms with Crippen LogP contribution in [0.5, 0.6) is 0 Å². The molecular formula is C29H37N7O4. The summed E-state index contributed by atoms with van der Waals surface area (Å²) in [5.41, 5.74) is 3.77. The summed E-state index contributed by atoms with van der Waals surface area (Å²) in [6.07, 6.45) is 2.63. The van der Waals surface area contributed by atoms with Gasteiger partial charge in [0, 0.05) is 58.3 Å². The molecule has 40 heavy (non-hydrogen) atoms. The molecule has 2 amide bonds. The third-order valence-electron chi connectivity index (χ3n) is 6.42. The highest BCUT2D eigenvalue weighted by Crippen LogP contribution is 2.32. The Morgan fingerprint density at radius 1 is 1.05 bits per heavy atom. The third kappa shape index (κ3) is 7.76. The number of nitrogens with zero attached hydrogens (tertiary/aromatic N) is 5. The molecule has 11 heteroatoms. The van der Waals surface area contributed by atoms with Gasteiger partial charge in [0.1, 0.15) is 0 Å². The molecule has 0 bridgehead atoms. The van der Waals surface area contributed by atoms with E-state index >= 15 is 0 Å². The number of aryl methyl sites for hydroxylation is 1. The number of aromatic nitrogens is 2. The van der Waals surface area contributed by atoms with Gasteiger partial charge in [-0.2, -0.15) is 0 Å². The van der Waals surface area contributed by atoms with Crippen LogP contribution < -0.4 is 16.2 Å². The Morgan fingerprint density at radius 2 is 1.80 bits per heavy atom. The number of rotatable bonds is 9. The number of aliphatic imine (C=N–C) groups is 1. The number of anilines is 1. The van der Waals surface area contributed by atoms with E-state index in [2.05, 4.69) is 32.4 Å². The monoisotopic (exact) mass is 547 g/mol. The van der Waals surface area contributed by atoms with Gasteiger partial charge in [-0.25, -0.2) is 4.79 Å². The van der Waals surface area contributed by atoms with E-state index in [-0.39, 0.29) is 24.0 Å². The number of alkyl carbamates (subject to hydrolysis) is 1. The Hall–Kier alpha value is -4.51. The zero-order valence-electron chi connectivity index (χ0n) is 23.9. The summed E-state index contributed by atoms with van der Waals surface area (Å²) < 4.78 is 6.46. The molecule has 2 N–H and O–H groups in total. The van der Waals surface area contributed by atoms with Crippen LogP contribution in [0.3, 0.4) is 0 Å². The molecule has 0 spiro atoms. The highest BCUT2D eigenvalue weighted by molar-refractivity contribution is 6.04. The summed E-state index contributed by atoms with van der Waals surface area (Å²) in [5.74, 6) is 0.0707. The van der Waals surface area contributed by atoms with Crippen LogP contribution in [0, 0.1) is 0 Å². The quantitative estimate of drug-likeness (QED) is 0.312. The van der Waals surface area contributed by atoms with Crippen LogP contribution in [0.15, 0.2) is 64.6 Å². The second kappa shape index (κ2) is 14.0. The molecule has 1 aromatic carbocycles. The predicted octanol–water partition coefficient (Wildman–Crippen LogP) is 3.28. The van der Waals surface area contributed by atoms with Crippen molar-refractivity contribution in [3.8, 4) is 22.4 Å². The predicted molar refractivity (Wildman–Crippen MR) is 158 cm³/mol. The summed E-state index contributed by atoms with van der Waals surface area (Å²) >= 11 is 0. The van der Waals surface area contributed by atoms with Crippen molar-refractivity contribution in [1.82, 2.24) is 24.7 Å². The van der Waals surface area contributed by atoms with Crippen LogP contribution in [-0.4, -0.2) is 84.7 Å². The first kappa shape index (κ1) is 30.0. The smallest absolute Gasteiger partial charge is 0.413 e. The Morgan fingerprint density at radius 3 is 2.42 bits per heavy atom. The topological polar surface area (TPSA) is 121 Å². The summed E-state index contributed by atoms with van der Waals surface area (Å²) in [5, 5.41) is 5.70. The standard InChI is InChI=1S/C29H37N7O4/c1-7-34(4)15-16-36(6)27(38)22-10-11-24(31-19-22)23-17-20(21-13-14-35(5)26(37)18-21)9-12-25(23)32-28(30-3)33-29(39)40-8-2/h9-14,17-19H,7-8,15-16H2,1-6H3,(H2,30,32,33,39). The van der Waals surface area contributed by atoms with Crippen molar-refractivity contribution in [1.29, 1.82) is 0 Å². The van der Waals surface area contributed by atoms with E-state index in [1.807, 2.05) is 31.3 Å². The van der Waals surface area contributed by atoms with Crippen molar-refractivity contribution in [3.63, 3.8) is 0 Å². The van der Waals surface area contributed by atoms with Crippen LogP contribution in [0.4, 0.5) is 10.5 Å². The van der Waals surface area contributed by atoms with Gasteiger partial charge in [0.25, 0.3) is 11.5 Å². The molecule has 3 rings (SSSR count). The van der Waals surface area contributed by atoms with E-state index in [1.165, 1.54) is 11.6 Å². The Bertz CT molecular complexity index is 1420. The molecule has 2 heterocycles. The van der Waals surface area contributed by atoms with E-state index in [0.717, 1.165) is 24.2 Å². The normalized spacial score (nSPS) is 11.3. The molecule has 0 unspecified atom stereocenters.